The van der Waals surface area contributed by atoms with Crippen LogP contribution in [0.5, 0.6) is 17.2 Å². The van der Waals surface area contributed by atoms with E-state index in [9.17, 15) is 9.90 Å². The van der Waals surface area contributed by atoms with Crippen LogP contribution in [0.1, 0.15) is 38.8 Å². The van der Waals surface area contributed by atoms with Crippen LogP contribution in [0.3, 0.4) is 0 Å². The highest BCUT2D eigenvalue weighted by atomic mass is 16.5. The topological polar surface area (TPSA) is 128 Å². The van der Waals surface area contributed by atoms with E-state index in [-0.39, 0.29) is 31.1 Å². The number of carbonyl (C=O) groups is 1. The third kappa shape index (κ3) is 6.45. The normalized spacial score (nSPS) is 11.5. The van der Waals surface area contributed by atoms with Crippen LogP contribution in [0.2, 0.25) is 0 Å². The molecule has 0 bridgehead atoms. The average molecular weight is 419 g/mol. The van der Waals surface area contributed by atoms with Crippen molar-refractivity contribution in [3.05, 3.63) is 24.2 Å². The van der Waals surface area contributed by atoms with Crippen LogP contribution in [0.25, 0.3) is 0 Å². The number of anilines is 2. The fourth-order valence-electron chi connectivity index (χ4n) is 2.88. The number of ether oxygens (including phenoxy) is 3. The van der Waals surface area contributed by atoms with E-state index in [1.165, 1.54) is 20.2 Å². The molecule has 2 rings (SSSR count). The first-order chi connectivity index (χ1) is 14.5. The molecule has 1 amide bonds. The molecule has 30 heavy (non-hydrogen) atoms. The van der Waals surface area contributed by atoms with Crippen LogP contribution in [-0.4, -0.2) is 52.8 Å². The Bertz CT molecular complexity index is 827. The van der Waals surface area contributed by atoms with Crippen molar-refractivity contribution in [2.75, 3.05) is 31.5 Å². The van der Waals surface area contributed by atoms with Crippen molar-refractivity contribution in [1.29, 1.82) is 0 Å². The second-order valence-corrected chi connectivity index (χ2v) is 6.51. The van der Waals surface area contributed by atoms with Crippen molar-refractivity contribution in [2.24, 2.45) is 0 Å². The number of carbonyl (C=O) groups excluding carboxylic acids is 1. The SMILES string of the molecule is CCCC(CCO)Nc1nc(NC(C)=O)ncc1OCc1nccc(OC)c1OC. The standard InChI is InChI=1S/C20H29N5O5/c1-5-6-14(8-10-26)24-19-17(11-22-20(25-19)23-13(2)27)30-12-15-18(29-4)16(28-3)7-9-21-15/h7,9,11,14,26H,5-6,8,10,12H2,1-4H3,(H2,22,23,24,25,27). The van der Waals surface area contributed by atoms with E-state index in [0.29, 0.717) is 35.2 Å². The van der Waals surface area contributed by atoms with Crippen LogP contribution in [0.4, 0.5) is 11.8 Å². The number of methoxy groups -OCH3 is 2. The Labute approximate surface area is 176 Å². The molecule has 0 fully saturated rings. The van der Waals surface area contributed by atoms with Crippen molar-refractivity contribution in [2.45, 2.75) is 45.8 Å². The number of pyridine rings is 1. The smallest absolute Gasteiger partial charge is 0.231 e. The Morgan fingerprint density at radius 3 is 2.63 bits per heavy atom. The Kier molecular flexibility index (Phi) is 9.07. The van der Waals surface area contributed by atoms with E-state index in [4.69, 9.17) is 14.2 Å². The first-order valence-electron chi connectivity index (χ1n) is 9.73. The highest BCUT2D eigenvalue weighted by molar-refractivity contribution is 5.86. The molecule has 3 N–H and O–H groups in total. The monoisotopic (exact) mass is 419 g/mol. The van der Waals surface area contributed by atoms with Crippen molar-refractivity contribution >= 4 is 17.7 Å². The zero-order chi connectivity index (χ0) is 21.9. The Hall–Kier alpha value is -3.14. The van der Waals surface area contributed by atoms with Gasteiger partial charge < -0.3 is 24.6 Å². The van der Waals surface area contributed by atoms with Gasteiger partial charge in [-0.05, 0) is 12.8 Å². The fourth-order valence-corrected chi connectivity index (χ4v) is 2.88. The van der Waals surface area contributed by atoms with Crippen molar-refractivity contribution < 1.29 is 24.1 Å². The lowest BCUT2D eigenvalue weighted by Crippen LogP contribution is -2.22. The number of nitrogens with one attached hydrogen (secondary N) is 2. The highest BCUT2D eigenvalue weighted by Gasteiger charge is 2.17. The second-order valence-electron chi connectivity index (χ2n) is 6.51. The van der Waals surface area contributed by atoms with Crippen molar-refractivity contribution in [3.8, 4) is 17.2 Å². The molecule has 1 unspecified atom stereocenters. The number of amides is 1. The third-order valence-electron chi connectivity index (χ3n) is 4.23. The summed E-state index contributed by atoms with van der Waals surface area (Å²) in [5.41, 5.74) is 0.550. The van der Waals surface area contributed by atoms with Gasteiger partial charge in [-0.3, -0.25) is 15.1 Å². The summed E-state index contributed by atoms with van der Waals surface area (Å²) in [6.45, 7) is 3.58. The molecule has 2 heterocycles. The van der Waals surface area contributed by atoms with Gasteiger partial charge >= 0.3 is 0 Å². The van der Waals surface area contributed by atoms with E-state index in [2.05, 4.69) is 32.5 Å². The van der Waals surface area contributed by atoms with Gasteiger partial charge in [0, 0.05) is 31.8 Å². The molecule has 164 valence electrons. The molecule has 0 spiro atoms. The third-order valence-corrected chi connectivity index (χ3v) is 4.23. The minimum atomic E-state index is -0.277. The molecule has 10 heteroatoms. The van der Waals surface area contributed by atoms with Gasteiger partial charge in [-0.25, -0.2) is 4.98 Å². The molecule has 1 atom stereocenters. The van der Waals surface area contributed by atoms with E-state index in [1.807, 2.05) is 0 Å². The Balaban J connectivity index is 2.28. The molecule has 10 nitrogen and oxygen atoms in total. The van der Waals surface area contributed by atoms with Gasteiger partial charge in [0.25, 0.3) is 0 Å². The Morgan fingerprint density at radius 2 is 2.00 bits per heavy atom. The highest BCUT2D eigenvalue weighted by Crippen LogP contribution is 2.31. The fraction of sp³-hybridized carbons (Fsp3) is 0.500. The molecule has 0 saturated carbocycles. The summed E-state index contributed by atoms with van der Waals surface area (Å²) in [6, 6.07) is 1.69. The molecule has 0 radical (unpaired) electrons. The average Bonchev–Trinajstić information content (AvgIpc) is 2.72. The van der Waals surface area contributed by atoms with E-state index in [1.54, 1.807) is 19.4 Å². The van der Waals surface area contributed by atoms with E-state index >= 15 is 0 Å². The number of hydrogen-bond acceptors (Lipinski definition) is 9. The molecule has 0 aliphatic heterocycles. The number of nitrogens with zero attached hydrogens (tertiary/aromatic N) is 3. The van der Waals surface area contributed by atoms with Gasteiger partial charge in [-0.1, -0.05) is 13.3 Å². The summed E-state index contributed by atoms with van der Waals surface area (Å²) < 4.78 is 16.6. The lowest BCUT2D eigenvalue weighted by molar-refractivity contribution is -0.114. The first-order valence-corrected chi connectivity index (χ1v) is 9.73. The summed E-state index contributed by atoms with van der Waals surface area (Å²) in [6.07, 6.45) is 5.41. The van der Waals surface area contributed by atoms with E-state index < -0.39 is 0 Å². The van der Waals surface area contributed by atoms with Gasteiger partial charge in [0.2, 0.25) is 11.9 Å². The first kappa shape index (κ1) is 23.1. The van der Waals surface area contributed by atoms with E-state index in [0.717, 1.165) is 12.8 Å². The predicted octanol–water partition coefficient (Wildman–Crippen LogP) is 2.39. The Morgan fingerprint density at radius 1 is 1.20 bits per heavy atom. The summed E-state index contributed by atoms with van der Waals surface area (Å²) in [5.74, 6) is 1.72. The molecular weight excluding hydrogens is 390 g/mol. The van der Waals surface area contributed by atoms with Crippen LogP contribution >= 0.6 is 0 Å². The maximum atomic E-state index is 11.4. The van der Waals surface area contributed by atoms with Gasteiger partial charge in [0.1, 0.15) is 12.3 Å². The summed E-state index contributed by atoms with van der Waals surface area (Å²) in [4.78, 5) is 24.2. The number of aromatic nitrogens is 3. The van der Waals surface area contributed by atoms with Crippen LogP contribution < -0.4 is 24.8 Å². The molecular formula is C20H29N5O5. The van der Waals surface area contributed by atoms with Crippen LogP contribution in [0.15, 0.2) is 18.5 Å². The summed E-state index contributed by atoms with van der Waals surface area (Å²) in [7, 11) is 3.08. The van der Waals surface area contributed by atoms with Crippen molar-refractivity contribution in [3.63, 3.8) is 0 Å². The van der Waals surface area contributed by atoms with Crippen LogP contribution in [-0.2, 0) is 11.4 Å². The molecule has 2 aromatic rings. The minimum absolute atomic E-state index is 0.00749. The number of hydrogen-bond donors (Lipinski definition) is 3. The number of aliphatic hydroxyl groups excluding tert-OH is 1. The van der Waals surface area contributed by atoms with Crippen molar-refractivity contribution in [1.82, 2.24) is 15.0 Å². The van der Waals surface area contributed by atoms with Gasteiger partial charge in [0.15, 0.2) is 23.1 Å². The van der Waals surface area contributed by atoms with Gasteiger partial charge in [-0.2, -0.15) is 4.98 Å². The maximum Gasteiger partial charge on any atom is 0.231 e. The summed E-state index contributed by atoms with van der Waals surface area (Å²) >= 11 is 0. The molecule has 0 aliphatic rings. The lowest BCUT2D eigenvalue weighted by atomic mass is 10.1. The van der Waals surface area contributed by atoms with Gasteiger partial charge in [0.05, 0.1) is 20.4 Å². The quantitative estimate of drug-likeness (QED) is 0.475. The summed E-state index contributed by atoms with van der Waals surface area (Å²) in [5, 5.41) is 15.2. The predicted molar refractivity (Wildman–Crippen MR) is 112 cm³/mol. The number of aliphatic hydroxyl groups is 1. The second kappa shape index (κ2) is 11.8. The van der Waals surface area contributed by atoms with Crippen LogP contribution in [0, 0.1) is 0 Å². The molecule has 0 saturated heterocycles. The molecule has 0 aromatic carbocycles. The largest absolute Gasteiger partial charge is 0.493 e. The maximum absolute atomic E-state index is 11.4. The minimum Gasteiger partial charge on any atom is -0.493 e. The molecule has 0 aliphatic carbocycles. The lowest BCUT2D eigenvalue weighted by Gasteiger charge is -2.20. The molecule has 2 aromatic heterocycles. The zero-order valence-electron chi connectivity index (χ0n) is 17.8. The zero-order valence-corrected chi connectivity index (χ0v) is 17.8. The van der Waals surface area contributed by atoms with Gasteiger partial charge in [-0.15, -0.1) is 0 Å². The number of rotatable bonds is 12.